The lowest BCUT2D eigenvalue weighted by molar-refractivity contribution is -0.113. The third-order valence-electron chi connectivity index (χ3n) is 4.98. The molecular weight excluding hydrogens is 481 g/mol. The summed E-state index contributed by atoms with van der Waals surface area (Å²) >= 11 is 13.2. The minimum atomic E-state index is -0.404. The highest BCUT2D eigenvalue weighted by Crippen LogP contribution is 2.24. The third kappa shape index (κ3) is 6.28. The molecule has 3 rings (SSSR count). The lowest BCUT2D eigenvalue weighted by Gasteiger charge is -2.15. The van der Waals surface area contributed by atoms with Crippen molar-refractivity contribution in [2.24, 2.45) is 0 Å². The predicted molar refractivity (Wildman–Crippen MR) is 133 cm³/mol. The zero-order chi connectivity index (χ0) is 24.0. The fourth-order valence-electron chi connectivity index (χ4n) is 3.27. The summed E-state index contributed by atoms with van der Waals surface area (Å²) in [5.41, 5.74) is 2.31. The van der Waals surface area contributed by atoms with Gasteiger partial charge in [0.15, 0.2) is 11.0 Å². The molecule has 2 aromatic carbocycles. The first-order valence-corrected chi connectivity index (χ1v) is 12.3. The van der Waals surface area contributed by atoms with Gasteiger partial charge in [-0.3, -0.25) is 9.59 Å². The van der Waals surface area contributed by atoms with Gasteiger partial charge in [0.1, 0.15) is 0 Å². The van der Waals surface area contributed by atoms with Crippen LogP contribution in [0.2, 0.25) is 10.0 Å². The number of benzene rings is 2. The Bertz CT molecular complexity index is 1150. The highest BCUT2D eigenvalue weighted by Gasteiger charge is 2.20. The minimum absolute atomic E-state index is 0.117. The normalized spacial score (nSPS) is 11.8. The molecule has 0 aliphatic heterocycles. The van der Waals surface area contributed by atoms with Crippen LogP contribution in [0.5, 0.6) is 0 Å². The van der Waals surface area contributed by atoms with E-state index in [0.717, 1.165) is 17.7 Å². The largest absolute Gasteiger partial charge is 0.342 e. The molecule has 1 heterocycles. The van der Waals surface area contributed by atoms with Gasteiger partial charge < -0.3 is 15.2 Å². The van der Waals surface area contributed by atoms with Crippen molar-refractivity contribution in [3.63, 3.8) is 0 Å². The molecule has 1 aromatic heterocycles. The molecule has 0 saturated carbocycles. The molecule has 7 nitrogen and oxygen atoms in total. The topological polar surface area (TPSA) is 88.9 Å². The zero-order valence-corrected chi connectivity index (χ0v) is 20.9. The molecule has 2 amide bonds. The van der Waals surface area contributed by atoms with Crippen LogP contribution in [0, 0.1) is 0 Å². The van der Waals surface area contributed by atoms with Crippen molar-refractivity contribution in [1.82, 2.24) is 20.1 Å². The number of carbonyl (C=O) groups excluding carboxylic acids is 2. The number of aromatic nitrogens is 3. The van der Waals surface area contributed by atoms with E-state index in [1.807, 2.05) is 49.6 Å². The molecule has 0 aliphatic carbocycles. The molecule has 174 valence electrons. The molecule has 0 unspecified atom stereocenters. The second-order valence-corrected chi connectivity index (χ2v) is 9.01. The molecule has 3 aromatic rings. The van der Waals surface area contributed by atoms with Crippen molar-refractivity contribution in [2.75, 3.05) is 11.1 Å². The average Bonchev–Trinajstić information content (AvgIpc) is 3.23. The van der Waals surface area contributed by atoms with Gasteiger partial charge >= 0.3 is 0 Å². The van der Waals surface area contributed by atoms with E-state index in [1.54, 1.807) is 12.1 Å². The van der Waals surface area contributed by atoms with E-state index in [4.69, 9.17) is 23.2 Å². The summed E-state index contributed by atoms with van der Waals surface area (Å²) in [6.07, 6.45) is 0.836. The second kappa shape index (κ2) is 11.5. The number of anilines is 1. The van der Waals surface area contributed by atoms with Gasteiger partial charge in [-0.2, -0.15) is 0 Å². The molecule has 0 saturated heterocycles. The van der Waals surface area contributed by atoms with Crippen molar-refractivity contribution in [3.05, 3.63) is 69.5 Å². The van der Waals surface area contributed by atoms with Gasteiger partial charge in [-0.1, -0.05) is 60.1 Å². The van der Waals surface area contributed by atoms with Crippen molar-refractivity contribution in [2.45, 2.75) is 44.9 Å². The van der Waals surface area contributed by atoms with Gasteiger partial charge in [-0.25, -0.2) is 0 Å². The molecule has 0 radical (unpaired) electrons. The summed E-state index contributed by atoms with van der Waals surface area (Å²) in [4.78, 5) is 25.1. The van der Waals surface area contributed by atoms with E-state index >= 15 is 0 Å². The Kier molecular flexibility index (Phi) is 8.77. The molecule has 0 fully saturated rings. The van der Waals surface area contributed by atoms with Crippen LogP contribution in [-0.4, -0.2) is 32.3 Å². The number of thioether (sulfide) groups is 1. The van der Waals surface area contributed by atoms with Crippen LogP contribution in [0.1, 0.15) is 48.6 Å². The van der Waals surface area contributed by atoms with Crippen molar-refractivity contribution < 1.29 is 9.59 Å². The molecule has 0 bridgehead atoms. The van der Waals surface area contributed by atoms with Gasteiger partial charge in [0.05, 0.1) is 21.8 Å². The van der Waals surface area contributed by atoms with E-state index in [0.29, 0.717) is 33.1 Å². The maximum absolute atomic E-state index is 12.6. The van der Waals surface area contributed by atoms with Crippen LogP contribution in [0.15, 0.2) is 47.6 Å². The van der Waals surface area contributed by atoms with E-state index < -0.39 is 6.04 Å². The summed E-state index contributed by atoms with van der Waals surface area (Å²) in [6.45, 7) is 6.43. The maximum Gasteiger partial charge on any atom is 0.251 e. The number of nitrogens with one attached hydrogen (secondary N) is 2. The fourth-order valence-corrected chi connectivity index (χ4v) is 4.38. The molecule has 33 heavy (non-hydrogen) atoms. The predicted octanol–water partition coefficient (Wildman–Crippen LogP) is 5.39. The number of para-hydroxylation sites is 1. The number of carbonyl (C=O) groups is 2. The molecule has 10 heteroatoms. The number of nitrogens with zero attached hydrogens (tertiary/aromatic N) is 3. The highest BCUT2D eigenvalue weighted by atomic mass is 35.5. The molecule has 0 spiro atoms. The second-order valence-electron chi connectivity index (χ2n) is 7.26. The Morgan fingerprint density at radius 1 is 1.09 bits per heavy atom. The van der Waals surface area contributed by atoms with Crippen LogP contribution in [-0.2, 0) is 17.8 Å². The first-order valence-electron chi connectivity index (χ1n) is 10.5. The van der Waals surface area contributed by atoms with E-state index in [-0.39, 0.29) is 17.6 Å². The van der Waals surface area contributed by atoms with Crippen LogP contribution < -0.4 is 10.6 Å². The molecule has 0 aliphatic rings. The van der Waals surface area contributed by atoms with Crippen LogP contribution >= 0.6 is 35.0 Å². The highest BCUT2D eigenvalue weighted by molar-refractivity contribution is 7.99. The van der Waals surface area contributed by atoms with Gasteiger partial charge in [-0.05, 0) is 50.1 Å². The number of amides is 2. The standard InChI is InChI=1S/C23H25Cl2N5O2S/c1-4-15-8-6-7-9-19(15)27-20(31)13-33-23-29-28-21(30(23)5-2)14(3)26-22(32)16-10-11-17(24)18(25)12-16/h6-12,14H,4-5,13H2,1-3H3,(H,26,32)(H,27,31)/t14-/m1/s1. The van der Waals surface area contributed by atoms with E-state index in [9.17, 15) is 9.59 Å². The Hall–Kier alpha value is -2.55. The van der Waals surface area contributed by atoms with E-state index in [2.05, 4.69) is 20.8 Å². The average molecular weight is 506 g/mol. The van der Waals surface area contributed by atoms with Gasteiger partial charge in [0, 0.05) is 17.8 Å². The quantitative estimate of drug-likeness (QED) is 0.380. The monoisotopic (exact) mass is 505 g/mol. The maximum atomic E-state index is 12.6. The number of hydrogen-bond acceptors (Lipinski definition) is 5. The van der Waals surface area contributed by atoms with Crippen LogP contribution in [0.4, 0.5) is 5.69 Å². The summed E-state index contributed by atoms with van der Waals surface area (Å²) in [6, 6.07) is 12.1. The summed E-state index contributed by atoms with van der Waals surface area (Å²) in [7, 11) is 0. The summed E-state index contributed by atoms with van der Waals surface area (Å²) in [5, 5.41) is 15.7. The number of rotatable bonds is 9. The zero-order valence-electron chi connectivity index (χ0n) is 18.6. The lowest BCUT2D eigenvalue weighted by Crippen LogP contribution is -2.28. The van der Waals surface area contributed by atoms with E-state index in [1.165, 1.54) is 17.8 Å². The van der Waals surface area contributed by atoms with Crippen molar-refractivity contribution in [3.8, 4) is 0 Å². The molecule has 2 N–H and O–H groups in total. The Morgan fingerprint density at radius 2 is 1.85 bits per heavy atom. The molecule has 1 atom stereocenters. The summed E-state index contributed by atoms with van der Waals surface area (Å²) in [5.74, 6) is 0.384. The van der Waals surface area contributed by atoms with Crippen molar-refractivity contribution in [1.29, 1.82) is 0 Å². The fraction of sp³-hybridized carbons (Fsp3) is 0.304. The Balaban J connectivity index is 1.64. The Morgan fingerprint density at radius 3 is 2.55 bits per heavy atom. The SMILES string of the molecule is CCc1ccccc1NC(=O)CSc1nnc([C@@H](C)NC(=O)c2ccc(Cl)c(Cl)c2)n1CC. The minimum Gasteiger partial charge on any atom is -0.342 e. The Labute approximate surface area is 207 Å². The smallest absolute Gasteiger partial charge is 0.251 e. The van der Waals surface area contributed by atoms with Gasteiger partial charge in [0.25, 0.3) is 5.91 Å². The van der Waals surface area contributed by atoms with Crippen LogP contribution in [0.3, 0.4) is 0 Å². The van der Waals surface area contributed by atoms with Gasteiger partial charge in [-0.15, -0.1) is 10.2 Å². The van der Waals surface area contributed by atoms with Crippen LogP contribution in [0.25, 0.3) is 0 Å². The third-order valence-corrected chi connectivity index (χ3v) is 6.69. The number of halogens is 2. The number of aryl methyl sites for hydroxylation is 1. The van der Waals surface area contributed by atoms with Crippen molar-refractivity contribution >= 4 is 52.5 Å². The lowest BCUT2D eigenvalue weighted by atomic mass is 10.1. The first-order chi connectivity index (χ1) is 15.8. The molecular formula is C23H25Cl2N5O2S. The number of hydrogen-bond donors (Lipinski definition) is 2. The summed E-state index contributed by atoms with van der Waals surface area (Å²) < 4.78 is 1.89. The van der Waals surface area contributed by atoms with Gasteiger partial charge in [0.2, 0.25) is 5.91 Å². The first kappa shape index (κ1) is 25.1.